The second-order valence-corrected chi connectivity index (χ2v) is 16.7. The first kappa shape index (κ1) is 34.3. The van der Waals surface area contributed by atoms with E-state index in [1.54, 1.807) is 0 Å². The van der Waals surface area contributed by atoms with E-state index in [1.165, 1.54) is 44.5 Å². The molecular formula is C58H34N4O. The van der Waals surface area contributed by atoms with E-state index >= 15 is 0 Å². The van der Waals surface area contributed by atoms with Crippen LogP contribution in [0.25, 0.3) is 106 Å². The minimum Gasteiger partial charge on any atom is -0.456 e. The van der Waals surface area contributed by atoms with Gasteiger partial charge in [0.1, 0.15) is 11.2 Å². The van der Waals surface area contributed by atoms with Crippen LogP contribution in [0.4, 0.5) is 0 Å². The monoisotopic (exact) mass is 802 g/mol. The molecule has 2 aliphatic carbocycles. The summed E-state index contributed by atoms with van der Waals surface area (Å²) in [6.45, 7) is 0. The molecule has 3 aromatic heterocycles. The maximum absolute atomic E-state index is 6.80. The fraction of sp³-hybridized carbons (Fsp3) is 0.0172. The van der Waals surface area contributed by atoms with Gasteiger partial charge in [0.05, 0.1) is 16.4 Å². The summed E-state index contributed by atoms with van der Waals surface area (Å²) in [6, 6.07) is 73.7. The van der Waals surface area contributed by atoms with E-state index in [0.717, 1.165) is 66.0 Å². The standard InChI is InChI=1S/C58H34N4O/c1-3-15-35(16-4-1)55-59-56(36-17-5-2-6-18-36)61-57(60-55)62-51-26-14-10-22-42(51)43-29-27-38(32-52(43)62)37-28-30-53-45(31-37)46-33-44-41-21-9-13-25-49(41)58(50(44)34-54(46)63-53)47-23-11-7-19-39(47)40-20-8-12-24-48(40)58/h1-34H. The lowest BCUT2D eigenvalue weighted by Crippen LogP contribution is -2.25. The van der Waals surface area contributed by atoms with Crippen LogP contribution in [0.5, 0.6) is 0 Å². The van der Waals surface area contributed by atoms with Gasteiger partial charge in [-0.3, -0.25) is 4.57 Å². The molecule has 5 nitrogen and oxygen atoms in total. The molecule has 292 valence electrons. The normalized spacial score (nSPS) is 13.2. The van der Waals surface area contributed by atoms with E-state index in [4.69, 9.17) is 19.4 Å². The summed E-state index contributed by atoms with van der Waals surface area (Å²) in [7, 11) is 0. The highest BCUT2D eigenvalue weighted by Gasteiger charge is 2.51. The van der Waals surface area contributed by atoms with Crippen molar-refractivity contribution in [2.75, 3.05) is 0 Å². The number of furan rings is 1. The Balaban J connectivity index is 0.962. The zero-order valence-corrected chi connectivity index (χ0v) is 33.8. The van der Waals surface area contributed by atoms with Crippen LogP contribution in [0, 0.1) is 0 Å². The summed E-state index contributed by atoms with van der Waals surface area (Å²) in [5.74, 6) is 1.82. The van der Waals surface area contributed by atoms with E-state index < -0.39 is 5.41 Å². The zero-order valence-electron chi connectivity index (χ0n) is 33.8. The van der Waals surface area contributed by atoms with Crippen LogP contribution in [0.1, 0.15) is 22.3 Å². The van der Waals surface area contributed by atoms with Crippen molar-refractivity contribution in [1.82, 2.24) is 19.5 Å². The first-order valence-electron chi connectivity index (χ1n) is 21.4. The van der Waals surface area contributed by atoms with Gasteiger partial charge in [-0.1, -0.05) is 170 Å². The molecule has 0 unspecified atom stereocenters. The van der Waals surface area contributed by atoms with Crippen molar-refractivity contribution in [2.24, 2.45) is 0 Å². The van der Waals surface area contributed by atoms with Gasteiger partial charge in [-0.15, -0.1) is 0 Å². The average Bonchev–Trinajstić information content (AvgIpc) is 4.06. The fourth-order valence-corrected chi connectivity index (χ4v) is 10.8. The number of hydrogen-bond donors (Lipinski definition) is 0. The molecule has 0 radical (unpaired) electrons. The second kappa shape index (κ2) is 12.8. The van der Waals surface area contributed by atoms with Gasteiger partial charge in [0.2, 0.25) is 5.95 Å². The molecule has 9 aromatic carbocycles. The molecule has 0 aliphatic heterocycles. The number of fused-ring (bicyclic) bond motifs is 16. The third-order valence-corrected chi connectivity index (χ3v) is 13.5. The lowest BCUT2D eigenvalue weighted by atomic mass is 9.70. The molecule has 0 fully saturated rings. The highest BCUT2D eigenvalue weighted by Crippen LogP contribution is 2.63. The van der Waals surface area contributed by atoms with E-state index in [-0.39, 0.29) is 0 Å². The van der Waals surface area contributed by atoms with Crippen LogP contribution in [-0.4, -0.2) is 19.5 Å². The molecule has 0 amide bonds. The van der Waals surface area contributed by atoms with Gasteiger partial charge in [0.25, 0.3) is 0 Å². The molecule has 0 bridgehead atoms. The van der Waals surface area contributed by atoms with Gasteiger partial charge in [-0.25, -0.2) is 4.98 Å². The Hall–Kier alpha value is -8.41. The van der Waals surface area contributed by atoms with Crippen LogP contribution in [-0.2, 0) is 5.41 Å². The fourth-order valence-electron chi connectivity index (χ4n) is 10.8. The molecule has 63 heavy (non-hydrogen) atoms. The summed E-state index contributed by atoms with van der Waals surface area (Å²) < 4.78 is 8.99. The van der Waals surface area contributed by atoms with Gasteiger partial charge in [-0.05, 0) is 92.0 Å². The maximum Gasteiger partial charge on any atom is 0.238 e. The Bertz CT molecular complexity index is 3760. The van der Waals surface area contributed by atoms with Crippen molar-refractivity contribution >= 4 is 43.7 Å². The number of rotatable bonds is 4. The topological polar surface area (TPSA) is 56.7 Å². The largest absolute Gasteiger partial charge is 0.456 e. The molecule has 0 saturated carbocycles. The van der Waals surface area contributed by atoms with Crippen molar-refractivity contribution in [2.45, 2.75) is 5.41 Å². The Morgan fingerprint density at radius 2 is 0.857 bits per heavy atom. The van der Waals surface area contributed by atoms with E-state index in [1.807, 2.05) is 60.7 Å². The molecule has 1 spiro atoms. The summed E-state index contributed by atoms with van der Waals surface area (Å²) in [5, 5.41) is 4.47. The average molecular weight is 803 g/mol. The summed E-state index contributed by atoms with van der Waals surface area (Å²) in [5.41, 5.74) is 17.8. The molecule has 3 heterocycles. The van der Waals surface area contributed by atoms with Crippen LogP contribution < -0.4 is 0 Å². The molecule has 0 saturated heterocycles. The van der Waals surface area contributed by atoms with Crippen LogP contribution in [0.3, 0.4) is 0 Å². The summed E-state index contributed by atoms with van der Waals surface area (Å²) >= 11 is 0. The molecule has 12 aromatic rings. The van der Waals surface area contributed by atoms with Gasteiger partial charge in [-0.2, -0.15) is 9.97 Å². The minimum atomic E-state index is -0.423. The highest BCUT2D eigenvalue weighted by atomic mass is 16.3. The van der Waals surface area contributed by atoms with Crippen molar-refractivity contribution in [1.29, 1.82) is 0 Å². The smallest absolute Gasteiger partial charge is 0.238 e. The Morgan fingerprint density at radius 3 is 1.52 bits per heavy atom. The molecular weight excluding hydrogens is 769 g/mol. The third-order valence-electron chi connectivity index (χ3n) is 13.5. The molecule has 0 N–H and O–H groups in total. The summed E-state index contributed by atoms with van der Waals surface area (Å²) in [6.07, 6.45) is 0. The van der Waals surface area contributed by atoms with Gasteiger partial charge in [0.15, 0.2) is 11.6 Å². The Kier molecular flexibility index (Phi) is 6.97. The van der Waals surface area contributed by atoms with Crippen molar-refractivity contribution in [3.8, 4) is 62.1 Å². The first-order chi connectivity index (χ1) is 31.2. The van der Waals surface area contributed by atoms with E-state index in [0.29, 0.717) is 17.6 Å². The molecule has 14 rings (SSSR count). The van der Waals surface area contributed by atoms with E-state index in [9.17, 15) is 0 Å². The van der Waals surface area contributed by atoms with Crippen molar-refractivity contribution in [3.05, 3.63) is 229 Å². The third kappa shape index (κ3) is 4.73. The van der Waals surface area contributed by atoms with Crippen LogP contribution in [0.2, 0.25) is 0 Å². The Labute approximate surface area is 362 Å². The SMILES string of the molecule is c1ccc(-c2nc(-c3ccccc3)nc(-n3c4ccccc4c4ccc(-c5ccc6oc7cc8c(cc7c6c5)-c5ccccc5C85c6ccccc6-c6ccccc65)cc43)n2)cc1. The minimum absolute atomic E-state index is 0.423. The van der Waals surface area contributed by atoms with E-state index in [2.05, 4.69) is 150 Å². The molecule has 2 aliphatic rings. The second-order valence-electron chi connectivity index (χ2n) is 16.7. The van der Waals surface area contributed by atoms with Gasteiger partial charge >= 0.3 is 0 Å². The quantitative estimate of drug-likeness (QED) is 0.178. The number of aromatic nitrogens is 4. The van der Waals surface area contributed by atoms with Crippen molar-refractivity contribution < 1.29 is 4.42 Å². The predicted octanol–water partition coefficient (Wildman–Crippen LogP) is 14.2. The number of hydrogen-bond acceptors (Lipinski definition) is 4. The van der Waals surface area contributed by atoms with Crippen molar-refractivity contribution in [3.63, 3.8) is 0 Å². The lowest BCUT2D eigenvalue weighted by Gasteiger charge is -2.30. The molecule has 5 heteroatoms. The van der Waals surface area contributed by atoms with Gasteiger partial charge in [0, 0.05) is 32.7 Å². The number of nitrogens with zero attached hydrogens (tertiary/aromatic N) is 4. The number of benzene rings is 9. The lowest BCUT2D eigenvalue weighted by molar-refractivity contribution is 0.666. The highest BCUT2D eigenvalue weighted by molar-refractivity contribution is 6.12. The van der Waals surface area contributed by atoms with Crippen LogP contribution >= 0.6 is 0 Å². The first-order valence-corrected chi connectivity index (χ1v) is 21.4. The van der Waals surface area contributed by atoms with Crippen LogP contribution in [0.15, 0.2) is 211 Å². The predicted molar refractivity (Wildman–Crippen MR) is 254 cm³/mol. The summed E-state index contributed by atoms with van der Waals surface area (Å²) in [4.78, 5) is 15.3. The van der Waals surface area contributed by atoms with Gasteiger partial charge < -0.3 is 4.42 Å². The maximum atomic E-state index is 6.80. The number of para-hydroxylation sites is 1. The Morgan fingerprint density at radius 1 is 0.333 bits per heavy atom. The zero-order chi connectivity index (χ0) is 41.2. The molecule has 0 atom stereocenters.